The van der Waals surface area contributed by atoms with Gasteiger partial charge in [-0.1, -0.05) is 24.3 Å². The molecule has 5 nitrogen and oxygen atoms in total. The number of anilines is 1. The molecule has 0 fully saturated rings. The first-order chi connectivity index (χ1) is 11.8. The zero-order valence-corrected chi connectivity index (χ0v) is 14.4. The summed E-state index contributed by atoms with van der Waals surface area (Å²) in [5, 5.41) is 5.30. The van der Waals surface area contributed by atoms with Crippen LogP contribution in [0.2, 0.25) is 0 Å². The van der Waals surface area contributed by atoms with Gasteiger partial charge >= 0.3 is 0 Å². The zero-order chi connectivity index (χ0) is 18.4. The molecule has 0 atom stereocenters. The lowest BCUT2D eigenvalue weighted by atomic mass is 9.90. The first-order valence-electron chi connectivity index (χ1n) is 7.82. The predicted molar refractivity (Wildman–Crippen MR) is 93.7 cm³/mol. The fraction of sp³-hybridized carbons (Fsp3) is 0.263. The number of benzene rings is 2. The van der Waals surface area contributed by atoms with Crippen molar-refractivity contribution in [2.75, 3.05) is 12.4 Å². The maximum absolute atomic E-state index is 13.6. The van der Waals surface area contributed by atoms with Crippen molar-refractivity contribution >= 4 is 17.5 Å². The molecule has 0 radical (unpaired) electrons. The Labute approximate surface area is 146 Å². The summed E-state index contributed by atoms with van der Waals surface area (Å²) in [7, 11) is 1.53. The Morgan fingerprint density at radius 2 is 1.80 bits per heavy atom. The van der Waals surface area contributed by atoms with E-state index in [0.29, 0.717) is 17.0 Å². The molecule has 0 unspecified atom stereocenters. The molecule has 0 saturated carbocycles. The number of hydrogen-bond acceptors (Lipinski definition) is 3. The number of methoxy groups -OCH3 is 1. The second-order valence-electron chi connectivity index (χ2n) is 6.09. The molecule has 132 valence electrons. The van der Waals surface area contributed by atoms with Crippen LogP contribution in [0.3, 0.4) is 0 Å². The van der Waals surface area contributed by atoms with Crippen LogP contribution in [0, 0.1) is 11.2 Å². The monoisotopic (exact) mass is 344 g/mol. The smallest absolute Gasteiger partial charge is 0.239 e. The number of carbonyl (C=O) groups is 2. The van der Waals surface area contributed by atoms with Gasteiger partial charge in [-0.2, -0.15) is 0 Å². The summed E-state index contributed by atoms with van der Waals surface area (Å²) in [4.78, 5) is 24.9. The lowest BCUT2D eigenvalue weighted by Gasteiger charge is -2.23. The molecule has 0 bridgehead atoms. The Hall–Kier alpha value is -2.89. The van der Waals surface area contributed by atoms with Crippen LogP contribution < -0.4 is 15.4 Å². The van der Waals surface area contributed by atoms with Crippen molar-refractivity contribution in [1.82, 2.24) is 5.32 Å². The maximum Gasteiger partial charge on any atom is 0.239 e. The highest BCUT2D eigenvalue weighted by atomic mass is 19.1. The summed E-state index contributed by atoms with van der Waals surface area (Å²) in [6, 6.07) is 13.0. The first-order valence-corrected chi connectivity index (χ1v) is 7.82. The van der Waals surface area contributed by atoms with Crippen LogP contribution >= 0.6 is 0 Å². The van der Waals surface area contributed by atoms with Crippen molar-refractivity contribution in [3.05, 3.63) is 59.9 Å². The van der Waals surface area contributed by atoms with Gasteiger partial charge in [0.1, 0.15) is 17.0 Å². The van der Waals surface area contributed by atoms with Gasteiger partial charge in [0.15, 0.2) is 0 Å². The Morgan fingerprint density at radius 3 is 2.48 bits per heavy atom. The number of nitrogens with one attached hydrogen (secondary N) is 2. The van der Waals surface area contributed by atoms with E-state index in [9.17, 15) is 14.0 Å². The summed E-state index contributed by atoms with van der Waals surface area (Å²) < 4.78 is 18.7. The molecule has 0 spiro atoms. The Morgan fingerprint density at radius 1 is 1.08 bits per heavy atom. The van der Waals surface area contributed by atoms with Crippen molar-refractivity contribution in [2.45, 2.75) is 20.4 Å². The number of ether oxygens (including phenoxy) is 1. The number of amides is 2. The van der Waals surface area contributed by atoms with Crippen LogP contribution in [0.4, 0.5) is 10.1 Å². The number of halogens is 1. The lowest BCUT2D eigenvalue weighted by Crippen LogP contribution is -2.44. The van der Waals surface area contributed by atoms with Crippen molar-refractivity contribution < 1.29 is 18.7 Å². The van der Waals surface area contributed by atoms with Gasteiger partial charge in [-0.05, 0) is 32.0 Å². The minimum Gasteiger partial charge on any atom is -0.497 e. The summed E-state index contributed by atoms with van der Waals surface area (Å²) >= 11 is 0. The van der Waals surface area contributed by atoms with Crippen LogP contribution in [0.15, 0.2) is 48.5 Å². The van der Waals surface area contributed by atoms with Crippen molar-refractivity contribution in [3.63, 3.8) is 0 Å². The van der Waals surface area contributed by atoms with Gasteiger partial charge in [0.05, 0.1) is 7.11 Å². The predicted octanol–water partition coefficient (Wildman–Crippen LogP) is 3.12. The van der Waals surface area contributed by atoms with E-state index in [2.05, 4.69) is 10.6 Å². The first kappa shape index (κ1) is 18.4. The molecule has 2 aromatic carbocycles. The molecule has 2 rings (SSSR count). The molecular formula is C19H21FN2O3. The second-order valence-corrected chi connectivity index (χ2v) is 6.09. The molecule has 2 N–H and O–H groups in total. The standard InChI is InChI=1S/C19H21FN2O3/c1-19(2,17(23)21-12-13-7-4-5-10-16(13)20)18(24)22-14-8-6-9-15(11-14)25-3/h4-11H,12H2,1-3H3,(H,21,23)(H,22,24). The molecule has 2 amide bonds. The SMILES string of the molecule is COc1cccc(NC(=O)C(C)(C)C(=O)NCc2ccccc2F)c1. The highest BCUT2D eigenvalue weighted by molar-refractivity contribution is 6.09. The third kappa shape index (κ3) is 4.56. The minimum absolute atomic E-state index is 0.0153. The number of hydrogen-bond donors (Lipinski definition) is 2. The molecule has 0 aliphatic heterocycles. The topological polar surface area (TPSA) is 67.4 Å². The van der Waals surface area contributed by atoms with Crippen LogP contribution in [-0.4, -0.2) is 18.9 Å². The zero-order valence-electron chi connectivity index (χ0n) is 14.4. The molecule has 0 aliphatic carbocycles. The quantitative estimate of drug-likeness (QED) is 0.791. The lowest BCUT2D eigenvalue weighted by molar-refractivity contribution is -0.138. The maximum atomic E-state index is 13.6. The molecule has 0 saturated heterocycles. The molecule has 0 aromatic heterocycles. The van der Waals surface area contributed by atoms with E-state index < -0.39 is 23.0 Å². The van der Waals surface area contributed by atoms with Gasteiger partial charge in [-0.3, -0.25) is 9.59 Å². The van der Waals surface area contributed by atoms with Gasteiger partial charge < -0.3 is 15.4 Å². The Balaban J connectivity index is 2.01. The number of carbonyl (C=O) groups excluding carboxylic acids is 2. The Bertz CT molecular complexity index is 775. The van der Waals surface area contributed by atoms with E-state index in [1.165, 1.54) is 27.0 Å². The molecule has 0 heterocycles. The third-order valence-corrected chi connectivity index (χ3v) is 3.86. The minimum atomic E-state index is -1.33. The highest BCUT2D eigenvalue weighted by Gasteiger charge is 2.36. The summed E-state index contributed by atoms with van der Waals surface area (Å²) in [6.45, 7) is 3.04. The van der Waals surface area contributed by atoms with Gasteiger partial charge in [-0.15, -0.1) is 0 Å². The van der Waals surface area contributed by atoms with Gasteiger partial charge in [0.25, 0.3) is 0 Å². The van der Waals surface area contributed by atoms with E-state index in [1.54, 1.807) is 42.5 Å². The molecule has 6 heteroatoms. The fourth-order valence-electron chi connectivity index (χ4n) is 2.13. The average Bonchev–Trinajstić information content (AvgIpc) is 2.60. The number of rotatable bonds is 6. The van der Waals surface area contributed by atoms with Crippen molar-refractivity contribution in [3.8, 4) is 5.75 Å². The van der Waals surface area contributed by atoms with Gasteiger partial charge in [0.2, 0.25) is 11.8 Å². The van der Waals surface area contributed by atoms with Gasteiger partial charge in [-0.25, -0.2) is 4.39 Å². The van der Waals surface area contributed by atoms with Crippen molar-refractivity contribution in [1.29, 1.82) is 0 Å². The largest absolute Gasteiger partial charge is 0.497 e. The highest BCUT2D eigenvalue weighted by Crippen LogP contribution is 2.22. The summed E-state index contributed by atoms with van der Waals surface area (Å²) in [5.41, 5.74) is -0.437. The van der Waals surface area contributed by atoms with E-state index in [1.807, 2.05) is 0 Å². The second kappa shape index (κ2) is 7.79. The van der Waals surface area contributed by atoms with Gasteiger partial charge in [0, 0.05) is 23.9 Å². The fourth-order valence-corrected chi connectivity index (χ4v) is 2.13. The van der Waals surface area contributed by atoms with Crippen molar-refractivity contribution in [2.24, 2.45) is 5.41 Å². The normalized spacial score (nSPS) is 10.9. The van der Waals surface area contributed by atoms with Crippen LogP contribution in [0.1, 0.15) is 19.4 Å². The van der Waals surface area contributed by atoms with Crippen LogP contribution in [0.25, 0.3) is 0 Å². The van der Waals surface area contributed by atoms with E-state index in [-0.39, 0.29) is 6.54 Å². The van der Waals surface area contributed by atoms with E-state index in [0.717, 1.165) is 0 Å². The summed E-state index contributed by atoms with van der Waals surface area (Å²) in [5.74, 6) is -0.760. The van der Waals surface area contributed by atoms with Crippen LogP contribution in [-0.2, 0) is 16.1 Å². The van der Waals surface area contributed by atoms with Crippen LogP contribution in [0.5, 0.6) is 5.75 Å². The average molecular weight is 344 g/mol. The molecule has 2 aromatic rings. The molecule has 0 aliphatic rings. The Kier molecular flexibility index (Phi) is 5.75. The summed E-state index contributed by atoms with van der Waals surface area (Å²) in [6.07, 6.45) is 0. The van der Waals surface area contributed by atoms with E-state index in [4.69, 9.17) is 4.74 Å². The van der Waals surface area contributed by atoms with E-state index >= 15 is 0 Å². The third-order valence-electron chi connectivity index (χ3n) is 3.86. The molecule has 25 heavy (non-hydrogen) atoms. The molecular weight excluding hydrogens is 323 g/mol.